The van der Waals surface area contributed by atoms with Crippen molar-refractivity contribution in [2.45, 2.75) is 26.8 Å². The second-order valence-corrected chi connectivity index (χ2v) is 5.71. The van der Waals surface area contributed by atoms with Crippen LogP contribution in [0.3, 0.4) is 0 Å². The van der Waals surface area contributed by atoms with Gasteiger partial charge in [0.1, 0.15) is 0 Å². The molecule has 0 heterocycles. The van der Waals surface area contributed by atoms with Crippen LogP contribution in [0.5, 0.6) is 0 Å². The standard InChI is InChI=1S/C14H20ClN3OS/c1-9(2)16-13(19)8-18(4)14(20)17-12-7-5-6-11(15)10(12)3/h5-7,9H,8H2,1-4H3,(H,16,19)(H,17,20). The van der Waals surface area contributed by atoms with Crippen molar-refractivity contribution in [3.05, 3.63) is 28.8 Å². The van der Waals surface area contributed by atoms with Crippen molar-refractivity contribution in [1.29, 1.82) is 0 Å². The fourth-order valence-electron chi connectivity index (χ4n) is 1.61. The zero-order chi connectivity index (χ0) is 15.3. The van der Waals surface area contributed by atoms with Crippen molar-refractivity contribution < 1.29 is 4.79 Å². The highest BCUT2D eigenvalue weighted by atomic mass is 35.5. The number of amides is 1. The Morgan fingerprint density at radius 1 is 1.45 bits per heavy atom. The molecule has 0 radical (unpaired) electrons. The first kappa shape index (κ1) is 16.7. The maximum atomic E-state index is 11.7. The Morgan fingerprint density at radius 2 is 2.10 bits per heavy atom. The molecule has 0 bridgehead atoms. The molecule has 4 nitrogen and oxygen atoms in total. The van der Waals surface area contributed by atoms with Crippen molar-refractivity contribution in [2.24, 2.45) is 0 Å². The van der Waals surface area contributed by atoms with Crippen LogP contribution in [0.25, 0.3) is 0 Å². The van der Waals surface area contributed by atoms with Crippen LogP contribution in [-0.2, 0) is 4.79 Å². The van der Waals surface area contributed by atoms with E-state index >= 15 is 0 Å². The molecule has 110 valence electrons. The Morgan fingerprint density at radius 3 is 2.70 bits per heavy atom. The zero-order valence-corrected chi connectivity index (χ0v) is 13.7. The predicted octanol–water partition coefficient (Wildman–Crippen LogP) is 2.80. The summed E-state index contributed by atoms with van der Waals surface area (Å²) in [4.78, 5) is 13.4. The molecule has 1 aromatic carbocycles. The topological polar surface area (TPSA) is 44.4 Å². The molecule has 0 aromatic heterocycles. The van der Waals surface area contributed by atoms with E-state index in [1.165, 1.54) is 0 Å². The molecule has 0 aliphatic rings. The molecule has 0 aliphatic heterocycles. The quantitative estimate of drug-likeness (QED) is 0.839. The normalized spacial score (nSPS) is 10.3. The van der Waals surface area contributed by atoms with Crippen LogP contribution in [-0.4, -0.2) is 35.6 Å². The molecule has 1 aromatic rings. The minimum absolute atomic E-state index is 0.0607. The first-order valence-electron chi connectivity index (χ1n) is 6.38. The lowest BCUT2D eigenvalue weighted by Gasteiger charge is -2.22. The van der Waals surface area contributed by atoms with E-state index in [-0.39, 0.29) is 18.5 Å². The van der Waals surface area contributed by atoms with Crippen LogP contribution < -0.4 is 10.6 Å². The van der Waals surface area contributed by atoms with E-state index in [1.54, 1.807) is 11.9 Å². The number of hydrogen-bond donors (Lipinski definition) is 2. The van der Waals surface area contributed by atoms with Gasteiger partial charge in [0.15, 0.2) is 5.11 Å². The lowest BCUT2D eigenvalue weighted by atomic mass is 10.2. The average molecular weight is 314 g/mol. The minimum Gasteiger partial charge on any atom is -0.352 e. The zero-order valence-electron chi connectivity index (χ0n) is 12.2. The number of benzene rings is 1. The largest absolute Gasteiger partial charge is 0.352 e. The Bertz CT molecular complexity index is 505. The van der Waals surface area contributed by atoms with E-state index in [0.29, 0.717) is 10.1 Å². The highest BCUT2D eigenvalue weighted by molar-refractivity contribution is 7.80. The van der Waals surface area contributed by atoms with Gasteiger partial charge in [-0.05, 0) is 50.7 Å². The fraction of sp³-hybridized carbons (Fsp3) is 0.429. The summed E-state index contributed by atoms with van der Waals surface area (Å²) in [7, 11) is 1.77. The van der Waals surface area contributed by atoms with Crippen molar-refractivity contribution in [1.82, 2.24) is 10.2 Å². The summed E-state index contributed by atoms with van der Waals surface area (Å²) in [6.07, 6.45) is 0. The van der Waals surface area contributed by atoms with E-state index in [0.717, 1.165) is 11.3 Å². The molecule has 0 unspecified atom stereocenters. The number of anilines is 1. The summed E-state index contributed by atoms with van der Waals surface area (Å²) >= 11 is 11.3. The van der Waals surface area contributed by atoms with Gasteiger partial charge in [-0.3, -0.25) is 4.79 Å². The van der Waals surface area contributed by atoms with Gasteiger partial charge >= 0.3 is 0 Å². The van der Waals surface area contributed by atoms with Gasteiger partial charge in [0, 0.05) is 23.8 Å². The van der Waals surface area contributed by atoms with E-state index in [1.807, 2.05) is 39.0 Å². The lowest BCUT2D eigenvalue weighted by Crippen LogP contribution is -2.42. The average Bonchev–Trinajstić information content (AvgIpc) is 2.33. The minimum atomic E-state index is -0.0607. The Kier molecular flexibility index (Phi) is 6.23. The number of carbonyl (C=O) groups is 1. The van der Waals surface area contributed by atoms with Crippen LogP contribution >= 0.6 is 23.8 Å². The van der Waals surface area contributed by atoms with E-state index in [9.17, 15) is 4.79 Å². The molecule has 0 aliphatic carbocycles. The number of likely N-dealkylation sites (N-methyl/N-ethyl adjacent to an activating group) is 1. The number of hydrogen-bond acceptors (Lipinski definition) is 2. The Balaban J connectivity index is 2.62. The molecule has 20 heavy (non-hydrogen) atoms. The lowest BCUT2D eigenvalue weighted by molar-refractivity contribution is -0.121. The number of halogens is 1. The second-order valence-electron chi connectivity index (χ2n) is 4.92. The Labute approximate surface area is 130 Å². The van der Waals surface area contributed by atoms with Crippen LogP contribution in [0.4, 0.5) is 5.69 Å². The smallest absolute Gasteiger partial charge is 0.239 e. The maximum absolute atomic E-state index is 11.7. The number of rotatable bonds is 4. The summed E-state index contributed by atoms with van der Waals surface area (Å²) in [6, 6.07) is 5.69. The molecule has 2 N–H and O–H groups in total. The molecule has 0 fully saturated rings. The number of nitrogens with zero attached hydrogens (tertiary/aromatic N) is 1. The molecular formula is C14H20ClN3OS. The van der Waals surface area contributed by atoms with Gasteiger partial charge in [-0.1, -0.05) is 17.7 Å². The summed E-state index contributed by atoms with van der Waals surface area (Å²) in [5.41, 5.74) is 1.77. The maximum Gasteiger partial charge on any atom is 0.239 e. The third-order valence-corrected chi connectivity index (χ3v) is 3.51. The summed E-state index contributed by atoms with van der Waals surface area (Å²) in [6.45, 7) is 5.97. The van der Waals surface area contributed by atoms with E-state index in [2.05, 4.69) is 10.6 Å². The predicted molar refractivity (Wildman–Crippen MR) is 88.3 cm³/mol. The molecule has 0 saturated heterocycles. The van der Waals surface area contributed by atoms with Crippen molar-refractivity contribution in [3.63, 3.8) is 0 Å². The monoisotopic (exact) mass is 313 g/mol. The number of thiocarbonyl (C=S) groups is 1. The van der Waals surface area contributed by atoms with Gasteiger partial charge < -0.3 is 15.5 Å². The van der Waals surface area contributed by atoms with Gasteiger partial charge in [-0.2, -0.15) is 0 Å². The first-order valence-corrected chi connectivity index (χ1v) is 7.16. The van der Waals surface area contributed by atoms with Crippen molar-refractivity contribution >= 4 is 40.5 Å². The summed E-state index contributed by atoms with van der Waals surface area (Å²) < 4.78 is 0. The van der Waals surface area contributed by atoms with Crippen LogP contribution in [0.2, 0.25) is 5.02 Å². The van der Waals surface area contributed by atoms with E-state index in [4.69, 9.17) is 23.8 Å². The first-order chi connectivity index (χ1) is 9.31. The van der Waals surface area contributed by atoms with Crippen LogP contribution in [0, 0.1) is 6.92 Å². The molecule has 6 heteroatoms. The van der Waals surface area contributed by atoms with Gasteiger partial charge in [0.05, 0.1) is 6.54 Å². The van der Waals surface area contributed by atoms with Gasteiger partial charge in [0.2, 0.25) is 5.91 Å². The molecule has 1 amide bonds. The molecular weight excluding hydrogens is 294 g/mol. The SMILES string of the molecule is Cc1c(Cl)cccc1NC(=S)N(C)CC(=O)NC(C)C. The second kappa shape index (κ2) is 7.45. The Hall–Kier alpha value is -1.33. The number of nitrogens with one attached hydrogen (secondary N) is 2. The van der Waals surface area contributed by atoms with Gasteiger partial charge in [-0.25, -0.2) is 0 Å². The van der Waals surface area contributed by atoms with Crippen LogP contribution in [0.15, 0.2) is 18.2 Å². The summed E-state index contributed by atoms with van der Waals surface area (Å²) in [5.74, 6) is -0.0607. The third-order valence-electron chi connectivity index (χ3n) is 2.69. The third kappa shape index (κ3) is 4.98. The van der Waals surface area contributed by atoms with Gasteiger partial charge in [-0.15, -0.1) is 0 Å². The van der Waals surface area contributed by atoms with E-state index < -0.39 is 0 Å². The van der Waals surface area contributed by atoms with Crippen LogP contribution in [0.1, 0.15) is 19.4 Å². The highest BCUT2D eigenvalue weighted by Gasteiger charge is 2.12. The fourth-order valence-corrected chi connectivity index (χ4v) is 1.96. The van der Waals surface area contributed by atoms with Gasteiger partial charge in [0.25, 0.3) is 0 Å². The molecule has 0 saturated carbocycles. The van der Waals surface area contributed by atoms with Crippen molar-refractivity contribution in [2.75, 3.05) is 18.9 Å². The molecule has 0 spiro atoms. The summed E-state index contributed by atoms with van der Waals surface area (Å²) in [5, 5.41) is 7.09. The molecule has 1 rings (SSSR count). The highest BCUT2D eigenvalue weighted by Crippen LogP contribution is 2.23. The number of carbonyl (C=O) groups excluding carboxylic acids is 1. The van der Waals surface area contributed by atoms with Crippen molar-refractivity contribution in [3.8, 4) is 0 Å². The molecule has 0 atom stereocenters.